The summed E-state index contributed by atoms with van der Waals surface area (Å²) in [5.41, 5.74) is 2.83. The van der Waals surface area contributed by atoms with Gasteiger partial charge in [-0.3, -0.25) is 14.9 Å². The molecule has 0 aliphatic rings. The number of benzene rings is 3. The standard InChI is InChI=1S/C24H22N6O3S/c1-28(15-17-6-4-3-5-7-17)20-11-9-19(10-12-20)26-23(31)18-8-13-22(21(14-18)30(32)33)34-24-27-25-16-29(24)2/h3-14,16H,15H2,1-2H3,(H,26,31). The van der Waals surface area contributed by atoms with E-state index in [2.05, 4.69) is 32.5 Å². The minimum atomic E-state index is -0.507. The van der Waals surface area contributed by atoms with Gasteiger partial charge in [-0.05, 0) is 53.7 Å². The molecule has 0 atom stereocenters. The number of hydrogen-bond donors (Lipinski definition) is 1. The zero-order chi connectivity index (χ0) is 24.1. The summed E-state index contributed by atoms with van der Waals surface area (Å²) >= 11 is 1.12. The van der Waals surface area contributed by atoms with Crippen molar-refractivity contribution in [3.8, 4) is 0 Å². The number of nitro groups is 1. The third-order valence-electron chi connectivity index (χ3n) is 5.12. The van der Waals surface area contributed by atoms with Crippen LogP contribution in [0.1, 0.15) is 15.9 Å². The Hall–Kier alpha value is -4.18. The maximum atomic E-state index is 12.8. The van der Waals surface area contributed by atoms with Gasteiger partial charge in [0.15, 0.2) is 5.16 Å². The Bertz CT molecular complexity index is 1310. The predicted octanol–water partition coefficient (Wildman–Crippen LogP) is 4.76. The molecule has 1 N–H and O–H groups in total. The fraction of sp³-hybridized carbons (Fsp3) is 0.125. The van der Waals surface area contributed by atoms with Crippen LogP contribution in [0, 0.1) is 10.1 Å². The first-order valence-electron chi connectivity index (χ1n) is 10.4. The maximum Gasteiger partial charge on any atom is 0.284 e. The van der Waals surface area contributed by atoms with Crippen molar-refractivity contribution < 1.29 is 9.72 Å². The summed E-state index contributed by atoms with van der Waals surface area (Å²) < 4.78 is 1.66. The molecule has 4 rings (SSSR count). The molecule has 10 heteroatoms. The van der Waals surface area contributed by atoms with Crippen molar-refractivity contribution in [2.24, 2.45) is 7.05 Å². The van der Waals surface area contributed by atoms with Gasteiger partial charge in [0.1, 0.15) is 6.33 Å². The van der Waals surface area contributed by atoms with Crippen molar-refractivity contribution in [1.29, 1.82) is 0 Å². The highest BCUT2D eigenvalue weighted by Crippen LogP contribution is 2.34. The van der Waals surface area contributed by atoms with Crippen molar-refractivity contribution >= 4 is 34.7 Å². The molecule has 0 saturated heterocycles. The van der Waals surface area contributed by atoms with Gasteiger partial charge >= 0.3 is 0 Å². The van der Waals surface area contributed by atoms with E-state index >= 15 is 0 Å². The highest BCUT2D eigenvalue weighted by atomic mass is 32.2. The fourth-order valence-corrected chi connectivity index (χ4v) is 4.15. The minimum absolute atomic E-state index is 0.168. The van der Waals surface area contributed by atoms with Gasteiger partial charge in [-0.25, -0.2) is 0 Å². The monoisotopic (exact) mass is 474 g/mol. The van der Waals surface area contributed by atoms with E-state index in [0.29, 0.717) is 15.7 Å². The molecule has 34 heavy (non-hydrogen) atoms. The van der Waals surface area contributed by atoms with Crippen LogP contribution >= 0.6 is 11.8 Å². The lowest BCUT2D eigenvalue weighted by Crippen LogP contribution is -2.16. The molecule has 1 aromatic heterocycles. The Kier molecular flexibility index (Phi) is 6.88. The van der Waals surface area contributed by atoms with E-state index in [0.717, 1.165) is 24.0 Å². The third-order valence-corrected chi connectivity index (χ3v) is 6.23. The Morgan fingerprint density at radius 1 is 1.12 bits per heavy atom. The Balaban J connectivity index is 1.45. The van der Waals surface area contributed by atoms with E-state index in [-0.39, 0.29) is 11.3 Å². The summed E-state index contributed by atoms with van der Waals surface area (Å²) in [4.78, 5) is 26.3. The summed E-state index contributed by atoms with van der Waals surface area (Å²) in [6.07, 6.45) is 1.51. The van der Waals surface area contributed by atoms with Crippen LogP contribution in [0.5, 0.6) is 0 Å². The predicted molar refractivity (Wildman–Crippen MR) is 131 cm³/mol. The second kappa shape index (κ2) is 10.2. The Morgan fingerprint density at radius 3 is 2.50 bits per heavy atom. The largest absolute Gasteiger partial charge is 0.370 e. The van der Waals surface area contributed by atoms with Gasteiger partial charge in [-0.2, -0.15) is 0 Å². The highest BCUT2D eigenvalue weighted by Gasteiger charge is 2.20. The lowest BCUT2D eigenvalue weighted by atomic mass is 10.1. The number of nitro benzene ring substituents is 1. The number of amides is 1. The number of rotatable bonds is 8. The molecule has 1 heterocycles. The highest BCUT2D eigenvalue weighted by molar-refractivity contribution is 7.99. The van der Waals surface area contributed by atoms with Crippen molar-refractivity contribution in [2.45, 2.75) is 16.6 Å². The van der Waals surface area contributed by atoms with Crippen LogP contribution in [0.15, 0.2) is 89.2 Å². The van der Waals surface area contributed by atoms with Crippen LogP contribution in [-0.2, 0) is 13.6 Å². The minimum Gasteiger partial charge on any atom is -0.370 e. The average molecular weight is 475 g/mol. The number of anilines is 2. The van der Waals surface area contributed by atoms with Crippen molar-refractivity contribution in [1.82, 2.24) is 14.8 Å². The van der Waals surface area contributed by atoms with E-state index in [4.69, 9.17) is 0 Å². The van der Waals surface area contributed by atoms with Gasteiger partial charge in [0, 0.05) is 43.6 Å². The number of hydrogen-bond acceptors (Lipinski definition) is 7. The molecular formula is C24H22N6O3S. The fourth-order valence-electron chi connectivity index (χ4n) is 3.30. The number of aryl methyl sites for hydroxylation is 1. The first-order chi connectivity index (χ1) is 16.4. The topological polar surface area (TPSA) is 106 Å². The van der Waals surface area contributed by atoms with Gasteiger partial charge < -0.3 is 14.8 Å². The van der Waals surface area contributed by atoms with Crippen molar-refractivity contribution in [3.63, 3.8) is 0 Å². The summed E-state index contributed by atoms with van der Waals surface area (Å²) in [7, 11) is 3.75. The number of nitrogens with zero attached hydrogens (tertiary/aromatic N) is 5. The van der Waals surface area contributed by atoms with Crippen LogP contribution < -0.4 is 10.2 Å². The molecule has 0 bridgehead atoms. The molecule has 0 saturated carbocycles. The zero-order valence-corrected chi connectivity index (χ0v) is 19.4. The molecule has 172 valence electrons. The Morgan fingerprint density at radius 2 is 1.85 bits per heavy atom. The number of carbonyl (C=O) groups is 1. The summed E-state index contributed by atoms with van der Waals surface area (Å²) in [6.45, 7) is 0.759. The average Bonchev–Trinajstić information content (AvgIpc) is 3.24. The van der Waals surface area contributed by atoms with Crippen LogP contribution in [0.4, 0.5) is 17.1 Å². The van der Waals surface area contributed by atoms with Crippen molar-refractivity contribution in [3.05, 3.63) is 100 Å². The van der Waals surface area contributed by atoms with Crippen LogP contribution in [0.2, 0.25) is 0 Å². The zero-order valence-electron chi connectivity index (χ0n) is 18.6. The van der Waals surface area contributed by atoms with Gasteiger partial charge in [0.05, 0.1) is 9.82 Å². The van der Waals surface area contributed by atoms with Crippen LogP contribution in [0.25, 0.3) is 0 Å². The first kappa shape index (κ1) is 23.0. The lowest BCUT2D eigenvalue weighted by Gasteiger charge is -2.20. The molecule has 0 fully saturated rings. The number of nitrogens with one attached hydrogen (secondary N) is 1. The molecule has 0 aliphatic carbocycles. The smallest absolute Gasteiger partial charge is 0.284 e. The van der Waals surface area contributed by atoms with Crippen LogP contribution in [0.3, 0.4) is 0 Å². The van der Waals surface area contributed by atoms with Gasteiger partial charge in [0.25, 0.3) is 11.6 Å². The van der Waals surface area contributed by atoms with Crippen LogP contribution in [-0.4, -0.2) is 32.6 Å². The molecule has 4 aromatic rings. The number of carbonyl (C=O) groups excluding carboxylic acids is 1. The molecule has 1 amide bonds. The summed E-state index contributed by atoms with van der Waals surface area (Å²) in [6, 6.07) is 22.0. The molecule has 9 nitrogen and oxygen atoms in total. The van der Waals surface area contributed by atoms with E-state index in [1.54, 1.807) is 35.9 Å². The lowest BCUT2D eigenvalue weighted by molar-refractivity contribution is -0.387. The van der Waals surface area contributed by atoms with Gasteiger partial charge in [0.2, 0.25) is 0 Å². The second-order valence-electron chi connectivity index (χ2n) is 7.61. The SMILES string of the molecule is CN(Cc1ccccc1)c1ccc(NC(=O)c2ccc(Sc3nncn3C)c([N+](=O)[O-])c2)cc1. The molecular weight excluding hydrogens is 452 g/mol. The summed E-state index contributed by atoms with van der Waals surface area (Å²) in [5.74, 6) is -0.427. The second-order valence-corrected chi connectivity index (χ2v) is 8.62. The third kappa shape index (κ3) is 5.41. The van der Waals surface area contributed by atoms with E-state index in [9.17, 15) is 14.9 Å². The van der Waals surface area contributed by atoms with E-state index in [1.165, 1.54) is 18.0 Å². The van der Waals surface area contributed by atoms with E-state index in [1.807, 2.05) is 37.4 Å². The molecule has 0 unspecified atom stereocenters. The maximum absolute atomic E-state index is 12.8. The number of aromatic nitrogens is 3. The van der Waals surface area contributed by atoms with E-state index < -0.39 is 10.8 Å². The molecule has 0 radical (unpaired) electrons. The normalized spacial score (nSPS) is 10.6. The van der Waals surface area contributed by atoms with Crippen molar-refractivity contribution in [2.75, 3.05) is 17.3 Å². The van der Waals surface area contributed by atoms with Gasteiger partial charge in [-0.15, -0.1) is 10.2 Å². The summed E-state index contributed by atoms with van der Waals surface area (Å²) in [5, 5.41) is 22.6. The molecule has 0 aliphatic heterocycles. The molecule has 0 spiro atoms. The Labute approximate surface area is 200 Å². The first-order valence-corrected chi connectivity index (χ1v) is 11.2. The quantitative estimate of drug-likeness (QED) is 0.290. The molecule has 3 aromatic carbocycles. The van der Waals surface area contributed by atoms with Gasteiger partial charge in [-0.1, -0.05) is 30.3 Å².